The van der Waals surface area contributed by atoms with E-state index in [1.54, 1.807) is 27.7 Å². The third kappa shape index (κ3) is 4.96. The van der Waals surface area contributed by atoms with E-state index in [4.69, 9.17) is 16.6 Å². The van der Waals surface area contributed by atoms with Crippen LogP contribution in [0.25, 0.3) is 0 Å². The molecule has 0 spiro atoms. The molecule has 0 aromatic carbocycles. The summed E-state index contributed by atoms with van der Waals surface area (Å²) in [5.41, 5.74) is 11.3. The minimum absolute atomic E-state index is 0.202. The number of hydrogen-bond donors (Lipinski definition) is 3. The predicted molar refractivity (Wildman–Crippen MR) is 70.0 cm³/mol. The number of carboxylic acids is 1. The van der Waals surface area contributed by atoms with Crippen molar-refractivity contribution in [1.82, 2.24) is 4.90 Å². The van der Waals surface area contributed by atoms with E-state index >= 15 is 0 Å². The van der Waals surface area contributed by atoms with Crippen LogP contribution in [0.2, 0.25) is 0 Å². The third-order valence-electron chi connectivity index (χ3n) is 2.83. The summed E-state index contributed by atoms with van der Waals surface area (Å²) in [5.74, 6) is -3.11. The maximum atomic E-state index is 12.0. The Kier molecular flexibility index (Phi) is 6.64. The quantitative estimate of drug-likeness (QED) is 0.592. The van der Waals surface area contributed by atoms with Gasteiger partial charge in [-0.25, -0.2) is 0 Å². The number of amides is 2. The molecule has 7 heteroatoms. The van der Waals surface area contributed by atoms with Crippen molar-refractivity contribution < 1.29 is 19.5 Å². The van der Waals surface area contributed by atoms with E-state index in [0.717, 1.165) is 0 Å². The van der Waals surface area contributed by atoms with E-state index in [1.807, 2.05) is 0 Å². The van der Waals surface area contributed by atoms with Gasteiger partial charge in [-0.1, -0.05) is 27.7 Å². The van der Waals surface area contributed by atoms with E-state index < -0.39 is 36.4 Å². The first-order valence-corrected chi connectivity index (χ1v) is 6.17. The second-order valence-electron chi connectivity index (χ2n) is 5.20. The van der Waals surface area contributed by atoms with Gasteiger partial charge < -0.3 is 16.6 Å². The number of hydrogen-bond acceptors (Lipinski definition) is 5. The topological polar surface area (TPSA) is 127 Å². The van der Waals surface area contributed by atoms with Crippen LogP contribution in [0.4, 0.5) is 0 Å². The van der Waals surface area contributed by atoms with Gasteiger partial charge in [-0.05, 0) is 11.8 Å². The van der Waals surface area contributed by atoms with Gasteiger partial charge in [0.25, 0.3) is 0 Å². The van der Waals surface area contributed by atoms with Crippen molar-refractivity contribution in [3.05, 3.63) is 0 Å². The summed E-state index contributed by atoms with van der Waals surface area (Å²) in [5, 5.41) is 8.79. The van der Waals surface area contributed by atoms with Gasteiger partial charge in [0.15, 0.2) is 0 Å². The highest BCUT2D eigenvalue weighted by atomic mass is 16.4. The largest absolute Gasteiger partial charge is 0.480 e. The minimum Gasteiger partial charge on any atom is -0.480 e. The summed E-state index contributed by atoms with van der Waals surface area (Å²) < 4.78 is 0. The number of aliphatic carboxylic acids is 1. The average molecular weight is 273 g/mol. The average Bonchev–Trinajstić information content (AvgIpc) is 2.31. The van der Waals surface area contributed by atoms with Crippen molar-refractivity contribution in [1.29, 1.82) is 0 Å². The fraction of sp³-hybridized carbons (Fsp3) is 0.750. The zero-order chi connectivity index (χ0) is 15.3. The lowest BCUT2D eigenvalue weighted by Crippen LogP contribution is -2.56. The molecule has 2 unspecified atom stereocenters. The zero-order valence-corrected chi connectivity index (χ0v) is 11.8. The standard InChI is InChI=1S/C12H23N3O4/c1-6(2)9(13)11(18)15(5-8(16)17)12(19)10(14)7(3)4/h6-7,9-10H,5,13-14H2,1-4H3,(H,16,17). The van der Waals surface area contributed by atoms with Gasteiger partial charge in [-0.3, -0.25) is 19.3 Å². The molecule has 0 aliphatic rings. The second kappa shape index (κ2) is 7.20. The molecule has 0 saturated heterocycles. The molecule has 0 heterocycles. The second-order valence-corrected chi connectivity index (χ2v) is 5.20. The Labute approximate surface area is 112 Å². The lowest BCUT2D eigenvalue weighted by molar-refractivity contribution is -0.154. The van der Waals surface area contributed by atoms with Crippen LogP contribution >= 0.6 is 0 Å². The van der Waals surface area contributed by atoms with Crippen LogP contribution in [0.3, 0.4) is 0 Å². The van der Waals surface area contributed by atoms with E-state index in [9.17, 15) is 14.4 Å². The first-order chi connectivity index (χ1) is 8.59. The van der Waals surface area contributed by atoms with Crippen LogP contribution in [0.1, 0.15) is 27.7 Å². The molecule has 5 N–H and O–H groups in total. The number of carboxylic acid groups (broad SMARTS) is 1. The summed E-state index contributed by atoms with van der Waals surface area (Å²) in [6.07, 6.45) is 0. The van der Waals surface area contributed by atoms with E-state index in [1.165, 1.54) is 0 Å². The Morgan fingerprint density at radius 1 is 0.947 bits per heavy atom. The highest BCUT2D eigenvalue weighted by Gasteiger charge is 2.33. The van der Waals surface area contributed by atoms with Crippen LogP contribution in [-0.4, -0.2) is 46.4 Å². The van der Waals surface area contributed by atoms with Crippen LogP contribution in [0.5, 0.6) is 0 Å². The van der Waals surface area contributed by atoms with Crippen LogP contribution in [-0.2, 0) is 14.4 Å². The predicted octanol–water partition coefficient (Wildman–Crippen LogP) is -0.607. The van der Waals surface area contributed by atoms with Crippen molar-refractivity contribution in [3.8, 4) is 0 Å². The highest BCUT2D eigenvalue weighted by molar-refractivity contribution is 6.02. The Hall–Kier alpha value is -1.47. The van der Waals surface area contributed by atoms with Crippen molar-refractivity contribution >= 4 is 17.8 Å². The molecule has 0 rings (SSSR count). The van der Waals surface area contributed by atoms with Crippen molar-refractivity contribution in [3.63, 3.8) is 0 Å². The Morgan fingerprint density at radius 2 is 1.26 bits per heavy atom. The summed E-state index contributed by atoms with van der Waals surface area (Å²) in [4.78, 5) is 35.5. The molecular formula is C12H23N3O4. The molecule has 0 aromatic rings. The van der Waals surface area contributed by atoms with Gasteiger partial charge in [-0.15, -0.1) is 0 Å². The van der Waals surface area contributed by atoms with Crippen LogP contribution < -0.4 is 11.5 Å². The molecule has 2 atom stereocenters. The molecule has 7 nitrogen and oxygen atoms in total. The lowest BCUT2D eigenvalue weighted by atomic mass is 10.0. The molecule has 0 fully saturated rings. The third-order valence-corrected chi connectivity index (χ3v) is 2.83. The van der Waals surface area contributed by atoms with E-state index in [0.29, 0.717) is 4.90 Å². The number of rotatable bonds is 6. The summed E-state index contributed by atoms with van der Waals surface area (Å²) in [7, 11) is 0. The summed E-state index contributed by atoms with van der Waals surface area (Å²) in [6, 6.07) is -1.86. The fourth-order valence-corrected chi connectivity index (χ4v) is 1.33. The van der Waals surface area contributed by atoms with Gasteiger partial charge in [0, 0.05) is 0 Å². The first kappa shape index (κ1) is 17.5. The van der Waals surface area contributed by atoms with Gasteiger partial charge in [0.1, 0.15) is 6.54 Å². The van der Waals surface area contributed by atoms with Crippen molar-refractivity contribution in [2.45, 2.75) is 39.8 Å². The number of imide groups is 1. The Balaban J connectivity index is 5.16. The number of nitrogens with zero attached hydrogens (tertiary/aromatic N) is 1. The Bertz CT molecular complexity index is 329. The van der Waals surface area contributed by atoms with E-state index in [-0.39, 0.29) is 11.8 Å². The molecular weight excluding hydrogens is 250 g/mol. The van der Waals surface area contributed by atoms with E-state index in [2.05, 4.69) is 0 Å². The molecule has 0 saturated carbocycles. The maximum absolute atomic E-state index is 12.0. The lowest BCUT2D eigenvalue weighted by Gasteiger charge is -2.27. The molecule has 0 bridgehead atoms. The summed E-state index contributed by atoms with van der Waals surface area (Å²) >= 11 is 0. The van der Waals surface area contributed by atoms with Gasteiger partial charge in [0.05, 0.1) is 12.1 Å². The number of nitrogens with two attached hydrogens (primary N) is 2. The number of carbonyl (C=O) groups excluding carboxylic acids is 2. The normalized spacial score (nSPS) is 14.3. The summed E-state index contributed by atoms with van der Waals surface area (Å²) in [6.45, 7) is 6.14. The van der Waals surface area contributed by atoms with Crippen LogP contribution in [0.15, 0.2) is 0 Å². The molecule has 0 aliphatic heterocycles. The molecule has 19 heavy (non-hydrogen) atoms. The molecule has 0 aliphatic carbocycles. The van der Waals surface area contributed by atoms with Crippen molar-refractivity contribution in [2.24, 2.45) is 23.3 Å². The van der Waals surface area contributed by atoms with Gasteiger partial charge in [0.2, 0.25) is 11.8 Å². The fourth-order valence-electron chi connectivity index (χ4n) is 1.33. The molecule has 0 aromatic heterocycles. The monoisotopic (exact) mass is 273 g/mol. The number of carbonyl (C=O) groups is 3. The SMILES string of the molecule is CC(C)C(N)C(=O)N(CC(=O)O)C(=O)C(N)C(C)C. The molecule has 0 radical (unpaired) electrons. The molecule has 2 amide bonds. The van der Waals surface area contributed by atoms with Gasteiger partial charge in [-0.2, -0.15) is 0 Å². The molecule has 110 valence electrons. The smallest absolute Gasteiger partial charge is 0.323 e. The zero-order valence-electron chi connectivity index (χ0n) is 11.8. The Morgan fingerprint density at radius 3 is 1.47 bits per heavy atom. The van der Waals surface area contributed by atoms with Crippen LogP contribution in [0, 0.1) is 11.8 Å². The highest BCUT2D eigenvalue weighted by Crippen LogP contribution is 2.08. The first-order valence-electron chi connectivity index (χ1n) is 6.17. The maximum Gasteiger partial charge on any atom is 0.323 e. The minimum atomic E-state index is -1.28. The van der Waals surface area contributed by atoms with Crippen molar-refractivity contribution in [2.75, 3.05) is 6.54 Å². The van der Waals surface area contributed by atoms with Gasteiger partial charge >= 0.3 is 5.97 Å².